The van der Waals surface area contributed by atoms with Crippen LogP contribution in [0.15, 0.2) is 12.1 Å². The summed E-state index contributed by atoms with van der Waals surface area (Å²) in [4.78, 5) is 14.9. The molecule has 2 heterocycles. The van der Waals surface area contributed by atoms with Crippen molar-refractivity contribution in [2.45, 2.75) is 48.8 Å². The van der Waals surface area contributed by atoms with Crippen LogP contribution in [0.5, 0.6) is 11.5 Å². The van der Waals surface area contributed by atoms with Gasteiger partial charge in [0.05, 0.1) is 18.1 Å². The Morgan fingerprint density at radius 3 is 3.00 bits per heavy atom. The molecule has 2 fully saturated rings. The first kappa shape index (κ1) is 13.8. The number of hydrogen-bond donors (Lipinski definition) is 1. The number of ether oxygens (including phenoxy) is 2. The standard InChI is InChI=1S/C18H21NO4/c1-19-8-7-17-14-10-3-4-12(22-2)15(14)23-16(17)11(20)5-6-18(17,21)13(19)9-10/h3-4,13,16,21H,5-9H2,1-2H3/t13-,16?,17+,18-/m0/s1. The minimum Gasteiger partial charge on any atom is -0.493 e. The van der Waals surface area contributed by atoms with E-state index in [2.05, 4.69) is 18.0 Å². The van der Waals surface area contributed by atoms with Crippen molar-refractivity contribution < 1.29 is 19.4 Å². The molecule has 1 saturated heterocycles. The summed E-state index contributed by atoms with van der Waals surface area (Å²) in [7, 11) is 3.70. The molecule has 4 atom stereocenters. The van der Waals surface area contributed by atoms with Gasteiger partial charge in [-0.05, 0) is 44.5 Å². The number of hydrogen-bond acceptors (Lipinski definition) is 5. The zero-order valence-corrected chi connectivity index (χ0v) is 13.5. The van der Waals surface area contributed by atoms with Crippen LogP contribution >= 0.6 is 0 Å². The van der Waals surface area contributed by atoms with Crippen molar-refractivity contribution >= 4 is 5.78 Å². The Morgan fingerprint density at radius 2 is 2.22 bits per heavy atom. The number of methoxy groups -OCH3 is 1. The highest BCUT2D eigenvalue weighted by Crippen LogP contribution is 2.64. The summed E-state index contributed by atoms with van der Waals surface area (Å²) in [6.07, 6.45) is 1.89. The number of carbonyl (C=O) groups is 1. The Morgan fingerprint density at radius 1 is 1.39 bits per heavy atom. The molecule has 4 aliphatic rings. The third-order valence-corrected chi connectivity index (χ3v) is 6.73. The average Bonchev–Trinajstić information content (AvgIpc) is 2.90. The van der Waals surface area contributed by atoms with E-state index in [1.54, 1.807) is 7.11 Å². The monoisotopic (exact) mass is 315 g/mol. The number of rotatable bonds is 1. The Bertz CT molecular complexity index is 732. The van der Waals surface area contributed by atoms with Gasteiger partial charge in [0.1, 0.15) is 0 Å². The number of aliphatic hydroxyl groups is 1. The second kappa shape index (κ2) is 4.08. The molecule has 1 saturated carbocycles. The first-order valence-electron chi connectivity index (χ1n) is 8.35. The number of carbonyl (C=O) groups excluding carboxylic acids is 1. The average molecular weight is 315 g/mol. The van der Waals surface area contributed by atoms with Gasteiger partial charge < -0.3 is 19.5 Å². The predicted molar refractivity (Wildman–Crippen MR) is 83.0 cm³/mol. The molecule has 1 spiro atoms. The van der Waals surface area contributed by atoms with E-state index in [0.29, 0.717) is 24.3 Å². The summed E-state index contributed by atoms with van der Waals surface area (Å²) in [5.41, 5.74) is 0.737. The maximum absolute atomic E-state index is 12.7. The number of benzene rings is 1. The van der Waals surface area contributed by atoms with E-state index in [1.807, 2.05) is 6.07 Å². The zero-order valence-electron chi connectivity index (χ0n) is 13.5. The van der Waals surface area contributed by atoms with E-state index in [9.17, 15) is 9.90 Å². The van der Waals surface area contributed by atoms with Crippen LogP contribution in [0.2, 0.25) is 0 Å². The molecular formula is C18H21NO4. The molecule has 0 radical (unpaired) electrons. The number of likely N-dealkylation sites (N-methyl/N-ethyl adjacent to an activating group) is 1. The quantitative estimate of drug-likeness (QED) is 0.839. The van der Waals surface area contributed by atoms with Gasteiger partial charge in [0.25, 0.3) is 0 Å². The molecule has 2 aliphatic heterocycles. The molecule has 0 aromatic heterocycles. The molecular weight excluding hydrogens is 294 g/mol. The highest BCUT2D eigenvalue weighted by Gasteiger charge is 2.72. The fourth-order valence-corrected chi connectivity index (χ4v) is 5.69. The van der Waals surface area contributed by atoms with E-state index in [1.165, 1.54) is 5.56 Å². The van der Waals surface area contributed by atoms with Crippen molar-refractivity contribution in [2.24, 2.45) is 0 Å². The number of nitrogens with zero attached hydrogens (tertiary/aromatic N) is 1. The van der Waals surface area contributed by atoms with Crippen LogP contribution in [-0.4, -0.2) is 54.2 Å². The van der Waals surface area contributed by atoms with Crippen LogP contribution in [0.4, 0.5) is 0 Å². The fourth-order valence-electron chi connectivity index (χ4n) is 5.69. The van der Waals surface area contributed by atoms with Gasteiger partial charge in [-0.2, -0.15) is 0 Å². The Hall–Kier alpha value is -1.59. The Balaban J connectivity index is 1.86. The van der Waals surface area contributed by atoms with Crippen LogP contribution in [-0.2, 0) is 16.6 Å². The maximum Gasteiger partial charge on any atom is 0.174 e. The van der Waals surface area contributed by atoms with Gasteiger partial charge >= 0.3 is 0 Å². The third kappa shape index (κ3) is 1.32. The molecule has 1 aromatic rings. The van der Waals surface area contributed by atoms with Crippen molar-refractivity contribution in [2.75, 3.05) is 20.7 Å². The molecule has 1 unspecified atom stereocenters. The molecule has 2 bridgehead atoms. The lowest BCUT2D eigenvalue weighted by Gasteiger charge is -2.62. The molecule has 23 heavy (non-hydrogen) atoms. The molecule has 0 amide bonds. The Kier molecular flexibility index (Phi) is 2.45. The van der Waals surface area contributed by atoms with Gasteiger partial charge in [0, 0.05) is 18.0 Å². The molecule has 2 aliphatic carbocycles. The first-order chi connectivity index (χ1) is 11.0. The van der Waals surface area contributed by atoms with Gasteiger partial charge in [-0.1, -0.05) is 6.07 Å². The van der Waals surface area contributed by atoms with Gasteiger partial charge in [-0.15, -0.1) is 0 Å². The van der Waals surface area contributed by atoms with E-state index in [0.717, 1.165) is 24.9 Å². The zero-order chi connectivity index (χ0) is 16.0. The summed E-state index contributed by atoms with van der Waals surface area (Å²) in [5, 5.41) is 11.7. The normalized spacial score (nSPS) is 40.6. The summed E-state index contributed by atoms with van der Waals surface area (Å²) >= 11 is 0. The summed E-state index contributed by atoms with van der Waals surface area (Å²) in [5.74, 6) is 1.47. The molecule has 1 aromatic carbocycles. The highest BCUT2D eigenvalue weighted by molar-refractivity contribution is 5.90. The van der Waals surface area contributed by atoms with Crippen molar-refractivity contribution in [3.8, 4) is 11.5 Å². The first-order valence-corrected chi connectivity index (χ1v) is 8.35. The van der Waals surface area contributed by atoms with Crippen LogP contribution in [0.3, 0.4) is 0 Å². The maximum atomic E-state index is 12.7. The SMILES string of the molecule is COc1ccc2c3c1OC1C(=O)CC[C@]4(O)[C@H](C2)N(C)CC[C@@]314. The van der Waals surface area contributed by atoms with Crippen LogP contribution in [0.25, 0.3) is 0 Å². The molecule has 5 nitrogen and oxygen atoms in total. The number of likely N-dealkylation sites (tertiary alicyclic amines) is 1. The summed E-state index contributed by atoms with van der Waals surface area (Å²) < 4.78 is 11.6. The topological polar surface area (TPSA) is 59.0 Å². The van der Waals surface area contributed by atoms with E-state index in [-0.39, 0.29) is 11.8 Å². The summed E-state index contributed by atoms with van der Waals surface area (Å²) in [6, 6.07) is 4.05. The van der Waals surface area contributed by atoms with Crippen LogP contribution in [0.1, 0.15) is 30.4 Å². The molecule has 1 N–H and O–H groups in total. The minimum absolute atomic E-state index is 0.0438. The number of ketones is 1. The summed E-state index contributed by atoms with van der Waals surface area (Å²) in [6.45, 7) is 0.871. The Labute approximate surface area is 135 Å². The van der Waals surface area contributed by atoms with E-state index in [4.69, 9.17) is 9.47 Å². The molecule has 5 rings (SSSR count). The van der Waals surface area contributed by atoms with E-state index < -0.39 is 17.1 Å². The largest absolute Gasteiger partial charge is 0.493 e. The highest BCUT2D eigenvalue weighted by atomic mass is 16.5. The van der Waals surface area contributed by atoms with Gasteiger partial charge in [-0.3, -0.25) is 4.79 Å². The van der Waals surface area contributed by atoms with Gasteiger partial charge in [-0.25, -0.2) is 0 Å². The van der Waals surface area contributed by atoms with Crippen molar-refractivity contribution in [3.63, 3.8) is 0 Å². The van der Waals surface area contributed by atoms with Crippen molar-refractivity contribution in [1.29, 1.82) is 0 Å². The lowest BCUT2D eigenvalue weighted by molar-refractivity contribution is -0.185. The second-order valence-electron chi connectivity index (χ2n) is 7.44. The second-order valence-corrected chi connectivity index (χ2v) is 7.44. The number of piperidine rings is 1. The third-order valence-electron chi connectivity index (χ3n) is 6.73. The van der Waals surface area contributed by atoms with Crippen molar-refractivity contribution in [1.82, 2.24) is 4.90 Å². The number of Topliss-reactive ketones (excluding diaryl/α,β-unsaturated/α-hetero) is 1. The van der Waals surface area contributed by atoms with Crippen LogP contribution < -0.4 is 9.47 Å². The lowest BCUT2D eigenvalue weighted by Crippen LogP contribution is -2.76. The van der Waals surface area contributed by atoms with Crippen molar-refractivity contribution in [3.05, 3.63) is 23.3 Å². The predicted octanol–water partition coefficient (Wildman–Crippen LogP) is 1.05. The van der Waals surface area contributed by atoms with Crippen LogP contribution in [0, 0.1) is 0 Å². The lowest BCUT2D eigenvalue weighted by atomic mass is 9.49. The van der Waals surface area contributed by atoms with Gasteiger partial charge in [0.15, 0.2) is 23.4 Å². The minimum atomic E-state index is -0.900. The van der Waals surface area contributed by atoms with Gasteiger partial charge in [0.2, 0.25) is 0 Å². The van der Waals surface area contributed by atoms with E-state index >= 15 is 0 Å². The fraction of sp³-hybridized carbons (Fsp3) is 0.611. The smallest absolute Gasteiger partial charge is 0.174 e. The molecule has 122 valence electrons. The molecule has 5 heteroatoms.